The van der Waals surface area contributed by atoms with Crippen molar-refractivity contribution in [3.8, 4) is 11.5 Å². The van der Waals surface area contributed by atoms with Crippen LogP contribution < -0.4 is 19.8 Å². The molecule has 0 bridgehead atoms. The molecule has 0 saturated carbocycles. The van der Waals surface area contributed by atoms with Crippen LogP contribution in [0.5, 0.6) is 11.5 Å². The number of aromatic nitrogens is 2. The van der Waals surface area contributed by atoms with Crippen LogP contribution in [0.1, 0.15) is 5.56 Å². The highest BCUT2D eigenvalue weighted by atomic mass is 16.5. The van der Waals surface area contributed by atoms with Crippen molar-refractivity contribution < 1.29 is 19.1 Å². The third kappa shape index (κ3) is 4.09. The molecule has 0 aliphatic heterocycles. The maximum atomic E-state index is 10.7. The van der Waals surface area contributed by atoms with Gasteiger partial charge in [-0.15, -0.1) is 0 Å². The number of benzene rings is 3. The molecule has 0 amide bonds. The summed E-state index contributed by atoms with van der Waals surface area (Å²) in [4.78, 5) is 0. The van der Waals surface area contributed by atoms with Gasteiger partial charge < -0.3 is 14.6 Å². The van der Waals surface area contributed by atoms with Crippen LogP contribution in [0.15, 0.2) is 78.9 Å². The highest BCUT2D eigenvalue weighted by Gasteiger charge is 2.23. The number of rotatable bonds is 8. The predicted octanol–water partition coefficient (Wildman–Crippen LogP) is 3.01. The van der Waals surface area contributed by atoms with Gasteiger partial charge in [0.15, 0.2) is 11.5 Å². The number of ether oxygens (including phenoxy) is 2. The number of aliphatic hydroxyl groups is 1. The lowest BCUT2D eigenvalue weighted by Gasteiger charge is -2.14. The van der Waals surface area contributed by atoms with Crippen LogP contribution in [0.2, 0.25) is 0 Å². The van der Waals surface area contributed by atoms with E-state index in [4.69, 9.17) is 15.2 Å². The summed E-state index contributed by atoms with van der Waals surface area (Å²) in [5.41, 5.74) is 9.68. The van der Waals surface area contributed by atoms with Crippen molar-refractivity contribution >= 4 is 17.0 Å². The molecule has 6 nitrogen and oxygen atoms in total. The summed E-state index contributed by atoms with van der Waals surface area (Å²) in [6, 6.07) is 25.6. The third-order valence-corrected chi connectivity index (χ3v) is 5.09. The first-order valence-electron chi connectivity index (χ1n) is 9.91. The summed E-state index contributed by atoms with van der Waals surface area (Å²) >= 11 is 0. The van der Waals surface area contributed by atoms with Gasteiger partial charge >= 0.3 is 5.95 Å². The van der Waals surface area contributed by atoms with Crippen molar-refractivity contribution in [1.29, 1.82) is 0 Å². The minimum absolute atomic E-state index is 0.130. The largest absolute Gasteiger partial charge is 0.493 e. The van der Waals surface area contributed by atoms with Crippen molar-refractivity contribution in [2.24, 2.45) is 0 Å². The average Bonchev–Trinajstić information content (AvgIpc) is 3.04. The fourth-order valence-electron chi connectivity index (χ4n) is 3.62. The standard InChI is InChI=1S/C24H25N3O3/c1-29-22-13-7-8-14-23(22)30-17-19(28)16-27-21-12-6-5-11-20(21)26(24(27)25)15-18-9-3-2-4-10-18/h2-14,19,25,28H,15-17H2,1H3/p+1. The van der Waals surface area contributed by atoms with Crippen molar-refractivity contribution in [2.75, 3.05) is 19.5 Å². The Morgan fingerprint density at radius 3 is 2.37 bits per heavy atom. The second kappa shape index (κ2) is 8.88. The average molecular weight is 404 g/mol. The van der Waals surface area contributed by atoms with E-state index in [1.165, 1.54) is 0 Å². The lowest BCUT2D eigenvalue weighted by Crippen LogP contribution is -2.37. The van der Waals surface area contributed by atoms with E-state index in [0.717, 1.165) is 16.6 Å². The van der Waals surface area contributed by atoms with E-state index in [1.807, 2.05) is 71.3 Å². The van der Waals surface area contributed by atoms with Gasteiger partial charge in [0.2, 0.25) is 0 Å². The number of nitrogen functional groups attached to an aromatic ring is 1. The summed E-state index contributed by atoms with van der Waals surface area (Å²) in [6.07, 6.45) is -0.738. The Hall–Kier alpha value is -3.51. The fourth-order valence-corrected chi connectivity index (χ4v) is 3.62. The van der Waals surface area contributed by atoms with Gasteiger partial charge in [0.05, 0.1) is 13.7 Å². The highest BCUT2D eigenvalue weighted by molar-refractivity contribution is 5.74. The molecule has 1 unspecified atom stereocenters. The first-order valence-corrected chi connectivity index (χ1v) is 9.91. The van der Waals surface area contributed by atoms with Crippen LogP contribution in [-0.2, 0) is 13.1 Å². The van der Waals surface area contributed by atoms with E-state index >= 15 is 0 Å². The van der Waals surface area contributed by atoms with Crippen molar-refractivity contribution in [2.45, 2.75) is 19.2 Å². The molecule has 3 N–H and O–H groups in total. The number of imidazole rings is 1. The smallest absolute Gasteiger partial charge is 0.356 e. The zero-order chi connectivity index (χ0) is 20.9. The molecule has 0 saturated heterocycles. The van der Waals surface area contributed by atoms with Crippen molar-refractivity contribution in [1.82, 2.24) is 4.57 Å². The molecule has 3 aromatic carbocycles. The van der Waals surface area contributed by atoms with Gasteiger partial charge in [-0.2, -0.15) is 0 Å². The molecule has 0 aliphatic rings. The van der Waals surface area contributed by atoms with Crippen LogP contribution in [0.3, 0.4) is 0 Å². The number of nitrogens with zero attached hydrogens (tertiary/aromatic N) is 2. The molecule has 6 heteroatoms. The molecule has 154 valence electrons. The number of anilines is 1. The molecule has 4 aromatic rings. The second-order valence-corrected chi connectivity index (χ2v) is 7.14. The highest BCUT2D eigenvalue weighted by Crippen LogP contribution is 2.26. The molecular formula is C24H26N3O3+. The molecule has 0 spiro atoms. The van der Waals surface area contributed by atoms with E-state index in [0.29, 0.717) is 30.5 Å². The Morgan fingerprint density at radius 1 is 0.933 bits per heavy atom. The maximum Gasteiger partial charge on any atom is 0.356 e. The molecule has 30 heavy (non-hydrogen) atoms. The Labute approximate surface area is 175 Å². The van der Waals surface area contributed by atoms with Gasteiger partial charge in [0.25, 0.3) is 0 Å². The fraction of sp³-hybridized carbons (Fsp3) is 0.208. The summed E-state index contributed by atoms with van der Waals surface area (Å²) in [5, 5.41) is 10.7. The summed E-state index contributed by atoms with van der Waals surface area (Å²) in [7, 11) is 1.59. The second-order valence-electron chi connectivity index (χ2n) is 7.14. The van der Waals surface area contributed by atoms with Gasteiger partial charge in [0.1, 0.15) is 30.3 Å². The van der Waals surface area contributed by atoms with Gasteiger partial charge in [-0.05, 0) is 29.8 Å². The molecule has 1 aromatic heterocycles. The maximum absolute atomic E-state index is 10.7. The number of para-hydroxylation sites is 4. The quantitative estimate of drug-likeness (QED) is 0.443. The molecule has 0 fully saturated rings. The van der Waals surface area contributed by atoms with Gasteiger partial charge in [-0.25, -0.2) is 9.13 Å². The minimum atomic E-state index is -0.738. The number of hydrogen-bond donors (Lipinski definition) is 2. The van der Waals surface area contributed by atoms with E-state index in [2.05, 4.69) is 16.7 Å². The normalized spacial score (nSPS) is 12.1. The van der Waals surface area contributed by atoms with E-state index < -0.39 is 6.10 Å². The number of hydrogen-bond acceptors (Lipinski definition) is 4. The molecule has 0 aliphatic carbocycles. The van der Waals surface area contributed by atoms with Crippen LogP contribution in [0.4, 0.5) is 5.95 Å². The van der Waals surface area contributed by atoms with Gasteiger partial charge in [0, 0.05) is 0 Å². The molecular weight excluding hydrogens is 378 g/mol. The lowest BCUT2D eigenvalue weighted by molar-refractivity contribution is -0.648. The Bertz CT molecular complexity index is 1130. The Balaban J connectivity index is 1.56. The Morgan fingerprint density at radius 2 is 1.60 bits per heavy atom. The Kier molecular flexibility index (Phi) is 5.86. The monoisotopic (exact) mass is 404 g/mol. The summed E-state index contributed by atoms with van der Waals surface area (Å²) in [6.45, 7) is 1.11. The van der Waals surface area contributed by atoms with Gasteiger partial charge in [-0.3, -0.25) is 5.73 Å². The summed E-state index contributed by atoms with van der Waals surface area (Å²) in [5.74, 6) is 1.83. The van der Waals surface area contributed by atoms with Crippen molar-refractivity contribution in [3.05, 3.63) is 84.4 Å². The van der Waals surface area contributed by atoms with Crippen LogP contribution >= 0.6 is 0 Å². The number of aliphatic hydroxyl groups excluding tert-OH is 1. The van der Waals surface area contributed by atoms with Crippen LogP contribution in [-0.4, -0.2) is 29.5 Å². The van der Waals surface area contributed by atoms with E-state index in [9.17, 15) is 5.11 Å². The molecule has 1 heterocycles. The van der Waals surface area contributed by atoms with E-state index in [1.54, 1.807) is 7.11 Å². The zero-order valence-corrected chi connectivity index (χ0v) is 16.9. The van der Waals surface area contributed by atoms with Crippen LogP contribution in [0.25, 0.3) is 11.0 Å². The SMILES string of the molecule is COc1ccccc1OCC(O)Cn1c(N)[n+](Cc2ccccc2)c2ccccc21. The molecule has 4 rings (SSSR count). The third-order valence-electron chi connectivity index (χ3n) is 5.09. The minimum Gasteiger partial charge on any atom is -0.493 e. The molecule has 1 atom stereocenters. The number of fused-ring (bicyclic) bond motifs is 1. The van der Waals surface area contributed by atoms with E-state index in [-0.39, 0.29) is 6.61 Å². The number of methoxy groups -OCH3 is 1. The zero-order valence-electron chi connectivity index (χ0n) is 16.9. The van der Waals surface area contributed by atoms with Crippen LogP contribution in [0, 0.1) is 0 Å². The lowest BCUT2D eigenvalue weighted by atomic mass is 10.2. The first kappa shape index (κ1) is 19.8. The van der Waals surface area contributed by atoms with Crippen molar-refractivity contribution in [3.63, 3.8) is 0 Å². The molecule has 0 radical (unpaired) electrons. The van der Waals surface area contributed by atoms with Gasteiger partial charge in [-0.1, -0.05) is 54.6 Å². The topological polar surface area (TPSA) is 73.5 Å². The number of nitrogens with two attached hydrogens (primary N) is 1. The predicted molar refractivity (Wildman–Crippen MR) is 117 cm³/mol. The summed E-state index contributed by atoms with van der Waals surface area (Å²) < 4.78 is 15.1. The first-order chi connectivity index (χ1) is 14.7.